The van der Waals surface area contributed by atoms with Crippen molar-refractivity contribution >= 4 is 40.7 Å². The monoisotopic (exact) mass is 459 g/mol. The van der Waals surface area contributed by atoms with Gasteiger partial charge in [0.15, 0.2) is 11.6 Å². The number of nitrogens with zero attached hydrogens (tertiary/aromatic N) is 2. The maximum absolute atomic E-state index is 13.6. The molecule has 31 heavy (non-hydrogen) atoms. The van der Waals surface area contributed by atoms with Crippen molar-refractivity contribution in [1.82, 2.24) is 10.5 Å². The number of amides is 1. The summed E-state index contributed by atoms with van der Waals surface area (Å²) in [6.07, 6.45) is 2.49. The van der Waals surface area contributed by atoms with E-state index in [0.717, 1.165) is 5.70 Å². The number of nitrogens with one attached hydrogen (secondary N) is 1. The minimum Gasteiger partial charge on any atom is -0.363 e. The largest absolute Gasteiger partial charge is 0.363 e. The molecule has 0 saturated heterocycles. The molecule has 0 radical (unpaired) electrons. The van der Waals surface area contributed by atoms with E-state index in [4.69, 9.17) is 27.7 Å². The quantitative estimate of drug-likeness (QED) is 0.678. The number of allylic oxidation sites excluding steroid dienone is 3. The van der Waals surface area contributed by atoms with E-state index >= 15 is 0 Å². The van der Waals surface area contributed by atoms with Gasteiger partial charge in [-0.1, -0.05) is 54.3 Å². The van der Waals surface area contributed by atoms with Gasteiger partial charge in [-0.15, -0.1) is 0 Å². The van der Waals surface area contributed by atoms with Gasteiger partial charge in [0, 0.05) is 48.0 Å². The molecule has 2 aliphatic rings. The average Bonchev–Trinajstić information content (AvgIpc) is 3.22. The van der Waals surface area contributed by atoms with Gasteiger partial charge in [0.2, 0.25) is 0 Å². The zero-order valence-electron chi connectivity index (χ0n) is 17.8. The third-order valence-corrected chi connectivity index (χ3v) is 6.67. The van der Waals surface area contributed by atoms with E-state index in [1.165, 1.54) is 11.2 Å². The second kappa shape index (κ2) is 7.84. The fourth-order valence-corrected chi connectivity index (χ4v) is 4.85. The van der Waals surface area contributed by atoms with Crippen molar-refractivity contribution in [2.45, 2.75) is 39.5 Å². The summed E-state index contributed by atoms with van der Waals surface area (Å²) in [5.74, 6) is -0.559. The van der Waals surface area contributed by atoms with Crippen LogP contribution in [0, 0.1) is 5.41 Å². The molecule has 1 aliphatic heterocycles. The van der Waals surface area contributed by atoms with Gasteiger partial charge < -0.3 is 9.84 Å². The Labute approximate surface area is 190 Å². The van der Waals surface area contributed by atoms with E-state index in [0.29, 0.717) is 51.1 Å². The smallest absolute Gasteiger partial charge is 0.257 e. The first kappa shape index (κ1) is 21.7. The Morgan fingerprint density at radius 2 is 2.00 bits per heavy atom. The Bertz CT molecular complexity index is 1130. The highest BCUT2D eigenvalue weighted by atomic mass is 35.5. The van der Waals surface area contributed by atoms with Crippen molar-refractivity contribution in [3.05, 3.63) is 68.7 Å². The summed E-state index contributed by atoms with van der Waals surface area (Å²) < 4.78 is 4.89. The predicted octanol–water partition coefficient (Wildman–Crippen LogP) is 5.25. The lowest BCUT2D eigenvalue weighted by atomic mass is 9.68. The lowest BCUT2D eigenvalue weighted by molar-refractivity contribution is -0.118. The van der Waals surface area contributed by atoms with Crippen LogP contribution in [0.15, 0.2) is 57.6 Å². The molecule has 0 saturated carbocycles. The van der Waals surface area contributed by atoms with E-state index in [9.17, 15) is 9.59 Å². The highest BCUT2D eigenvalue weighted by Crippen LogP contribution is 2.49. The minimum atomic E-state index is -0.632. The molecular formula is C23H23Cl2N3O3. The number of dihydropyridines is 1. The Hall–Kier alpha value is -2.57. The van der Waals surface area contributed by atoms with Crippen LogP contribution in [-0.2, 0) is 9.59 Å². The Kier molecular flexibility index (Phi) is 5.48. The molecule has 162 valence electrons. The van der Waals surface area contributed by atoms with Crippen LogP contribution in [0.25, 0.3) is 0 Å². The fraction of sp³-hybridized carbons (Fsp3) is 0.348. The number of ketones is 1. The third-order valence-electron chi connectivity index (χ3n) is 5.84. The number of carbonyl (C=O) groups excluding carboxylic acids is 2. The van der Waals surface area contributed by atoms with Gasteiger partial charge in [0.05, 0.1) is 10.0 Å². The molecule has 8 heteroatoms. The summed E-state index contributed by atoms with van der Waals surface area (Å²) >= 11 is 12.9. The normalized spacial score (nSPS) is 20.5. The molecular weight excluding hydrogens is 437 g/mol. The zero-order chi connectivity index (χ0) is 22.5. The van der Waals surface area contributed by atoms with E-state index in [2.05, 4.69) is 24.3 Å². The van der Waals surface area contributed by atoms with Crippen molar-refractivity contribution in [2.75, 3.05) is 11.9 Å². The fourth-order valence-electron chi connectivity index (χ4n) is 4.44. The number of carbonyl (C=O) groups is 2. The molecule has 0 spiro atoms. The predicted molar refractivity (Wildman–Crippen MR) is 120 cm³/mol. The number of hydrogen-bond acceptors (Lipinski definition) is 5. The standard InChI is InChI=1S/C23H23Cl2N3O3/c1-12-18(22(30)28(4)17-8-9-31-27-17)19(13-6-5-7-14(24)21(13)25)20-15(26-12)10-23(2,3)11-16(20)29/h5-9,19,26H,10-11H2,1-4H3. The Balaban J connectivity index is 1.90. The highest BCUT2D eigenvalue weighted by molar-refractivity contribution is 6.42. The molecule has 1 atom stereocenters. The second-order valence-corrected chi connectivity index (χ2v) is 9.58. The number of aromatic nitrogens is 1. The van der Waals surface area contributed by atoms with Gasteiger partial charge >= 0.3 is 0 Å². The summed E-state index contributed by atoms with van der Waals surface area (Å²) in [4.78, 5) is 28.4. The SMILES string of the molecule is CC1=C(C(=O)N(C)c2ccon2)C(c2cccc(Cl)c2Cl)C2=C(CC(C)(C)CC2=O)N1. The molecule has 2 heterocycles. The van der Waals surface area contributed by atoms with Crippen molar-refractivity contribution in [1.29, 1.82) is 0 Å². The van der Waals surface area contributed by atoms with Gasteiger partial charge in [-0.25, -0.2) is 0 Å². The van der Waals surface area contributed by atoms with Crippen molar-refractivity contribution < 1.29 is 14.1 Å². The van der Waals surface area contributed by atoms with Gasteiger partial charge in [0.25, 0.3) is 5.91 Å². The lowest BCUT2D eigenvalue weighted by Gasteiger charge is -2.40. The molecule has 1 aromatic heterocycles. The van der Waals surface area contributed by atoms with Crippen LogP contribution in [0.5, 0.6) is 0 Å². The summed E-state index contributed by atoms with van der Waals surface area (Å²) in [6, 6.07) is 6.89. The topological polar surface area (TPSA) is 75.4 Å². The van der Waals surface area contributed by atoms with Crippen LogP contribution >= 0.6 is 23.2 Å². The minimum absolute atomic E-state index is 0.00156. The van der Waals surface area contributed by atoms with Gasteiger partial charge in [-0.3, -0.25) is 14.5 Å². The molecule has 0 fully saturated rings. The number of benzene rings is 1. The van der Waals surface area contributed by atoms with Crippen LogP contribution < -0.4 is 10.2 Å². The maximum atomic E-state index is 13.6. The maximum Gasteiger partial charge on any atom is 0.257 e. The van der Waals surface area contributed by atoms with E-state index in [1.54, 1.807) is 25.2 Å². The molecule has 1 N–H and O–H groups in total. The van der Waals surface area contributed by atoms with Crippen LogP contribution in [0.2, 0.25) is 10.0 Å². The number of hydrogen-bond donors (Lipinski definition) is 1. The molecule has 1 aromatic carbocycles. The first-order valence-electron chi connectivity index (χ1n) is 9.97. The van der Waals surface area contributed by atoms with E-state index in [1.807, 2.05) is 13.0 Å². The third kappa shape index (κ3) is 3.79. The number of rotatable bonds is 3. The number of halogens is 2. The molecule has 2 aromatic rings. The molecule has 4 rings (SSSR count). The summed E-state index contributed by atoms with van der Waals surface area (Å²) in [5.41, 5.74) is 2.97. The summed E-state index contributed by atoms with van der Waals surface area (Å²) in [6.45, 7) is 5.97. The first-order chi connectivity index (χ1) is 14.6. The number of Topliss-reactive ketones (excluding diaryl/α,β-unsaturated/α-hetero) is 1. The van der Waals surface area contributed by atoms with Gasteiger partial charge in [-0.2, -0.15) is 0 Å². The van der Waals surface area contributed by atoms with Crippen molar-refractivity contribution in [3.8, 4) is 0 Å². The van der Waals surface area contributed by atoms with Crippen LogP contribution in [0.1, 0.15) is 45.1 Å². The first-order valence-corrected chi connectivity index (χ1v) is 10.7. The van der Waals surface area contributed by atoms with Crippen LogP contribution in [0.4, 0.5) is 5.82 Å². The molecule has 1 amide bonds. The average molecular weight is 460 g/mol. The lowest BCUT2D eigenvalue weighted by Crippen LogP contribution is -2.41. The Morgan fingerprint density at radius 3 is 2.68 bits per heavy atom. The molecule has 1 aliphatic carbocycles. The second-order valence-electron chi connectivity index (χ2n) is 8.79. The number of anilines is 1. The van der Waals surface area contributed by atoms with Crippen molar-refractivity contribution in [3.63, 3.8) is 0 Å². The van der Waals surface area contributed by atoms with E-state index < -0.39 is 5.92 Å². The van der Waals surface area contributed by atoms with Gasteiger partial charge in [0.1, 0.15) is 6.26 Å². The number of likely N-dealkylation sites (N-methyl/N-ethyl adjacent to an activating group) is 1. The summed E-state index contributed by atoms with van der Waals surface area (Å²) in [7, 11) is 1.62. The highest BCUT2D eigenvalue weighted by Gasteiger charge is 2.44. The zero-order valence-corrected chi connectivity index (χ0v) is 19.3. The molecule has 1 unspecified atom stereocenters. The Morgan fingerprint density at radius 1 is 1.26 bits per heavy atom. The molecule has 6 nitrogen and oxygen atoms in total. The van der Waals surface area contributed by atoms with Crippen LogP contribution in [0.3, 0.4) is 0 Å². The van der Waals surface area contributed by atoms with E-state index in [-0.39, 0.29) is 17.1 Å². The molecule has 0 bridgehead atoms. The summed E-state index contributed by atoms with van der Waals surface area (Å²) in [5, 5.41) is 7.91. The van der Waals surface area contributed by atoms with Crippen molar-refractivity contribution in [2.24, 2.45) is 5.41 Å². The van der Waals surface area contributed by atoms with Gasteiger partial charge in [-0.05, 0) is 30.4 Å². The van der Waals surface area contributed by atoms with Crippen LogP contribution in [-0.4, -0.2) is 23.9 Å².